The first kappa shape index (κ1) is 32.7. The number of carbonyl (C=O) groups is 3. The first-order chi connectivity index (χ1) is 19.5. The summed E-state index contributed by atoms with van der Waals surface area (Å²) in [6.45, 7) is 4.13. The Labute approximate surface area is 238 Å². The number of ether oxygens (including phenoxy) is 1. The topological polar surface area (TPSA) is 207 Å². The van der Waals surface area contributed by atoms with Crippen molar-refractivity contribution in [1.82, 2.24) is 15.5 Å². The summed E-state index contributed by atoms with van der Waals surface area (Å²) >= 11 is 0. The fourth-order valence-corrected chi connectivity index (χ4v) is 4.54. The van der Waals surface area contributed by atoms with Gasteiger partial charge in [0.2, 0.25) is 5.91 Å². The van der Waals surface area contributed by atoms with Crippen molar-refractivity contribution in [3.8, 4) is 5.75 Å². The molecular weight excluding hydrogens is 541 g/mol. The summed E-state index contributed by atoms with van der Waals surface area (Å²) in [7, 11) is -1.46. The van der Waals surface area contributed by atoms with Crippen LogP contribution in [-0.4, -0.2) is 131 Å². The zero-order valence-corrected chi connectivity index (χ0v) is 23.2. The van der Waals surface area contributed by atoms with Crippen molar-refractivity contribution in [3.05, 3.63) is 29.8 Å². The average Bonchev–Trinajstić information content (AvgIpc) is 3.46. The Balaban J connectivity index is 1.72. The number of carbonyl (C=O) groups excluding carboxylic acids is 3. The number of hydrogen-bond acceptors (Lipinski definition) is 11. The number of morpholine rings is 1. The minimum Gasteiger partial charge on any atom is -0.508 e. The lowest BCUT2D eigenvalue weighted by Gasteiger charge is -2.30. The molecule has 2 fully saturated rings. The summed E-state index contributed by atoms with van der Waals surface area (Å²) in [5.41, 5.74) is 0.0433. The van der Waals surface area contributed by atoms with Crippen molar-refractivity contribution in [2.24, 2.45) is 5.92 Å². The van der Waals surface area contributed by atoms with Gasteiger partial charge in [-0.3, -0.25) is 4.79 Å². The number of urea groups is 1. The fourth-order valence-electron chi connectivity index (χ4n) is 4.54. The quantitative estimate of drug-likeness (QED) is 0.126. The second kappa shape index (κ2) is 15.4. The molecule has 0 spiro atoms. The molecule has 3 rings (SSSR count). The van der Waals surface area contributed by atoms with E-state index in [4.69, 9.17) is 19.2 Å². The molecule has 1 aromatic rings. The molecule has 7 N–H and O–H groups in total. The Morgan fingerprint density at radius 2 is 1.71 bits per heavy atom. The Hall–Kier alpha value is -2.79. The Kier molecular flexibility index (Phi) is 12.3. The molecular formula is C26H40BN3O11. The Morgan fingerprint density at radius 3 is 2.32 bits per heavy atom. The molecule has 14 nitrogen and oxygen atoms in total. The number of aromatic hydroxyl groups is 1. The minimum absolute atomic E-state index is 0.0351. The van der Waals surface area contributed by atoms with E-state index in [0.717, 1.165) is 0 Å². The number of benzene rings is 1. The molecule has 0 bridgehead atoms. The highest BCUT2D eigenvalue weighted by Crippen LogP contribution is 2.19. The molecule has 0 saturated carbocycles. The molecule has 0 radical (unpaired) electrons. The number of rotatable bonds is 13. The summed E-state index contributed by atoms with van der Waals surface area (Å²) in [4.78, 5) is 41.4. The van der Waals surface area contributed by atoms with Gasteiger partial charge in [0.05, 0.1) is 38.6 Å². The van der Waals surface area contributed by atoms with Crippen LogP contribution in [-0.2, 0) is 30.1 Å². The Bertz CT molecular complexity index is 1010. The van der Waals surface area contributed by atoms with Crippen molar-refractivity contribution >= 4 is 24.7 Å². The van der Waals surface area contributed by atoms with E-state index in [0.29, 0.717) is 31.9 Å². The van der Waals surface area contributed by atoms with E-state index in [1.165, 1.54) is 17.0 Å². The molecule has 2 aliphatic rings. The molecule has 228 valence electrons. The van der Waals surface area contributed by atoms with Gasteiger partial charge in [-0.15, -0.1) is 0 Å². The lowest BCUT2D eigenvalue weighted by atomic mass is 9.76. The maximum atomic E-state index is 13.5. The number of phenols is 1. The van der Waals surface area contributed by atoms with Crippen molar-refractivity contribution in [2.75, 3.05) is 39.5 Å². The predicted octanol–water partition coefficient (Wildman–Crippen LogP) is -2.04. The third kappa shape index (κ3) is 9.36. The molecule has 2 aliphatic heterocycles. The third-order valence-corrected chi connectivity index (χ3v) is 6.91. The van der Waals surface area contributed by atoms with Crippen LogP contribution >= 0.6 is 0 Å². The standard InChI is InChI=1S/C26H40BN3O11/c1-15(2)11-18(24(36)27-40-14-21(41-27)23(35)22(34)20(33)13-31)28-25(37)19(12-16-3-5-17(32)6-4-16)29-26(38)30-7-9-39-10-8-30/h3-6,15,18-23,31-35H,7-14H2,1-2H3,(H,28,37)(H,29,38). The van der Waals surface area contributed by atoms with Crippen LogP contribution in [0.15, 0.2) is 24.3 Å². The van der Waals surface area contributed by atoms with E-state index in [1.54, 1.807) is 12.1 Å². The largest absolute Gasteiger partial charge is 0.534 e. The van der Waals surface area contributed by atoms with Crippen LogP contribution in [0.1, 0.15) is 25.8 Å². The van der Waals surface area contributed by atoms with Gasteiger partial charge in [0, 0.05) is 19.5 Å². The van der Waals surface area contributed by atoms with E-state index >= 15 is 0 Å². The number of hydrogen-bond donors (Lipinski definition) is 7. The maximum absolute atomic E-state index is 13.5. The molecule has 15 heteroatoms. The number of nitrogens with zero attached hydrogens (tertiary/aromatic N) is 1. The first-order valence-electron chi connectivity index (χ1n) is 13.7. The number of amides is 3. The molecule has 0 aromatic heterocycles. The second-order valence-corrected chi connectivity index (χ2v) is 10.6. The lowest BCUT2D eigenvalue weighted by molar-refractivity contribution is -0.127. The van der Waals surface area contributed by atoms with Crippen molar-refractivity contribution < 1.29 is 54.0 Å². The maximum Gasteiger partial charge on any atom is 0.534 e. The number of aliphatic hydroxyl groups is 4. The van der Waals surface area contributed by atoms with E-state index in [-0.39, 0.29) is 31.1 Å². The first-order valence-corrected chi connectivity index (χ1v) is 13.7. The van der Waals surface area contributed by atoms with Crippen LogP contribution in [0.4, 0.5) is 4.79 Å². The smallest absolute Gasteiger partial charge is 0.508 e. The van der Waals surface area contributed by atoms with Crippen molar-refractivity contribution in [2.45, 2.75) is 63.2 Å². The summed E-state index contributed by atoms with van der Waals surface area (Å²) in [5.74, 6) is -0.602. The highest BCUT2D eigenvalue weighted by molar-refractivity contribution is 6.82. The van der Waals surface area contributed by atoms with Gasteiger partial charge in [0.15, 0.2) is 5.68 Å². The van der Waals surface area contributed by atoms with Gasteiger partial charge in [0.25, 0.3) is 0 Å². The van der Waals surface area contributed by atoms with Crippen LogP contribution in [0.3, 0.4) is 0 Å². The van der Waals surface area contributed by atoms with Gasteiger partial charge >= 0.3 is 13.1 Å². The zero-order chi connectivity index (χ0) is 30.1. The predicted molar refractivity (Wildman–Crippen MR) is 145 cm³/mol. The molecule has 6 unspecified atom stereocenters. The fraction of sp³-hybridized carbons (Fsp3) is 0.654. The lowest BCUT2D eigenvalue weighted by Crippen LogP contribution is -2.57. The van der Waals surface area contributed by atoms with Gasteiger partial charge in [-0.2, -0.15) is 0 Å². The summed E-state index contributed by atoms with van der Waals surface area (Å²) in [5, 5.41) is 54.0. The molecule has 1 aromatic carbocycles. The van der Waals surface area contributed by atoms with Gasteiger partial charge in [-0.05, 0) is 30.0 Å². The highest BCUT2D eigenvalue weighted by Gasteiger charge is 2.46. The second-order valence-electron chi connectivity index (χ2n) is 10.6. The van der Waals surface area contributed by atoms with Crippen LogP contribution in [0, 0.1) is 5.92 Å². The monoisotopic (exact) mass is 581 g/mol. The Morgan fingerprint density at radius 1 is 1.05 bits per heavy atom. The third-order valence-electron chi connectivity index (χ3n) is 6.91. The van der Waals surface area contributed by atoms with E-state index in [2.05, 4.69) is 10.6 Å². The summed E-state index contributed by atoms with van der Waals surface area (Å²) in [6, 6.07) is 3.60. The normalized spacial score (nSPS) is 21.2. The minimum atomic E-state index is -1.73. The number of nitrogens with one attached hydrogen (secondary N) is 2. The van der Waals surface area contributed by atoms with Gasteiger partial charge in [-0.1, -0.05) is 26.0 Å². The molecule has 41 heavy (non-hydrogen) atoms. The van der Waals surface area contributed by atoms with Gasteiger partial charge < -0.3 is 59.9 Å². The van der Waals surface area contributed by atoms with Crippen LogP contribution in [0.5, 0.6) is 5.75 Å². The molecule has 0 aliphatic carbocycles. The highest BCUT2D eigenvalue weighted by atomic mass is 16.7. The van der Waals surface area contributed by atoms with Gasteiger partial charge in [-0.25, -0.2) is 4.79 Å². The molecule has 3 amide bonds. The van der Waals surface area contributed by atoms with Crippen molar-refractivity contribution in [3.63, 3.8) is 0 Å². The van der Waals surface area contributed by atoms with E-state index in [9.17, 15) is 34.8 Å². The number of aliphatic hydroxyl groups excluding tert-OH is 4. The summed E-state index contributed by atoms with van der Waals surface area (Å²) in [6.07, 6.45) is -5.85. The molecule has 2 heterocycles. The van der Waals surface area contributed by atoms with Crippen LogP contribution in [0.2, 0.25) is 0 Å². The SMILES string of the molecule is CC(C)CC(NC(=O)C(Cc1ccc(O)cc1)NC(=O)N1CCOCC1)C(=O)B1OCC(C(O)C(O)C(O)CO)O1. The number of phenolic OH excluding ortho intramolecular Hbond substituents is 1. The average molecular weight is 581 g/mol. The molecule has 6 atom stereocenters. The molecule has 2 saturated heterocycles. The zero-order valence-electron chi connectivity index (χ0n) is 23.2. The van der Waals surface area contributed by atoms with E-state index in [1.807, 2.05) is 13.8 Å². The summed E-state index contributed by atoms with van der Waals surface area (Å²) < 4.78 is 16.2. The van der Waals surface area contributed by atoms with Gasteiger partial charge in [0.1, 0.15) is 30.1 Å². The van der Waals surface area contributed by atoms with Crippen molar-refractivity contribution in [1.29, 1.82) is 0 Å². The van der Waals surface area contributed by atoms with Crippen LogP contribution in [0.25, 0.3) is 0 Å². The van der Waals surface area contributed by atoms with E-state index < -0.39 is 67.8 Å². The van der Waals surface area contributed by atoms with Crippen LogP contribution < -0.4 is 10.6 Å².